The van der Waals surface area contributed by atoms with E-state index in [0.29, 0.717) is 27.8 Å². The van der Waals surface area contributed by atoms with E-state index in [1.807, 2.05) is 0 Å². The SMILES string of the molecule is Cn1nnnc1SCC1=C(C(=O)O)N2C(O)[C@@H](NC(=O)[C@H](N)c3ccc(O)cc3)[C@H]2SC1. The standard InChI is InChI=1S/C18H21N7O5S2/c1-24-18(21-22-23-24)32-7-9-6-31-16-12(15(28)25(16)13(9)17(29)30)20-14(27)11(19)8-2-4-10(26)5-3-8/h2-5,11-12,15-16,26,28H,6-7,19H2,1H3,(H,20,27)(H,29,30)/t11-,12-,15?,16-/m1/s1. The van der Waals surface area contributed by atoms with Gasteiger partial charge in [0.05, 0.1) is 0 Å². The predicted molar refractivity (Wildman–Crippen MR) is 115 cm³/mol. The number of carboxylic acids is 1. The fourth-order valence-corrected chi connectivity index (χ4v) is 5.93. The van der Waals surface area contributed by atoms with Crippen LogP contribution in [0.4, 0.5) is 0 Å². The topological polar surface area (TPSA) is 180 Å². The molecule has 0 spiro atoms. The van der Waals surface area contributed by atoms with Crippen molar-refractivity contribution in [3.8, 4) is 5.75 Å². The van der Waals surface area contributed by atoms with E-state index < -0.39 is 35.6 Å². The molecule has 1 unspecified atom stereocenters. The minimum absolute atomic E-state index is 0.0252. The van der Waals surface area contributed by atoms with Gasteiger partial charge in [0.25, 0.3) is 0 Å². The van der Waals surface area contributed by atoms with Gasteiger partial charge in [0.2, 0.25) is 11.1 Å². The summed E-state index contributed by atoms with van der Waals surface area (Å²) in [6.07, 6.45) is -1.20. The number of hydrogen-bond donors (Lipinski definition) is 5. The highest BCUT2D eigenvalue weighted by molar-refractivity contribution is 8.00. The molecule has 32 heavy (non-hydrogen) atoms. The van der Waals surface area contributed by atoms with Crippen molar-refractivity contribution in [2.75, 3.05) is 11.5 Å². The second-order valence-corrected chi connectivity index (χ2v) is 9.30. The molecule has 1 aromatic carbocycles. The number of rotatable bonds is 7. The highest BCUT2D eigenvalue weighted by Gasteiger charge is 2.54. The highest BCUT2D eigenvalue weighted by Crippen LogP contribution is 2.43. The monoisotopic (exact) mass is 479 g/mol. The number of phenols is 1. The van der Waals surface area contributed by atoms with Gasteiger partial charge in [0.1, 0.15) is 28.9 Å². The molecule has 2 aliphatic heterocycles. The maximum atomic E-state index is 12.6. The number of carbonyl (C=O) groups excluding carboxylic acids is 1. The van der Waals surface area contributed by atoms with Crippen LogP contribution in [-0.2, 0) is 16.6 Å². The predicted octanol–water partition coefficient (Wildman–Crippen LogP) is -0.762. The van der Waals surface area contributed by atoms with Crippen LogP contribution in [0.25, 0.3) is 0 Å². The number of aryl methyl sites for hydroxylation is 1. The molecule has 0 radical (unpaired) electrons. The van der Waals surface area contributed by atoms with Crippen molar-refractivity contribution in [2.45, 2.75) is 28.8 Å². The summed E-state index contributed by atoms with van der Waals surface area (Å²) in [5, 5.41) is 43.8. The molecule has 3 heterocycles. The third kappa shape index (κ3) is 4.13. The number of amides is 1. The molecule has 0 aliphatic carbocycles. The van der Waals surface area contributed by atoms with Crippen molar-refractivity contribution in [1.29, 1.82) is 0 Å². The minimum Gasteiger partial charge on any atom is -0.508 e. The molecule has 6 N–H and O–H groups in total. The number of carboxylic acid groups (broad SMARTS) is 1. The van der Waals surface area contributed by atoms with Crippen LogP contribution in [0.15, 0.2) is 40.7 Å². The average Bonchev–Trinajstić information content (AvgIpc) is 3.19. The molecule has 12 nitrogen and oxygen atoms in total. The van der Waals surface area contributed by atoms with E-state index in [1.165, 1.54) is 45.2 Å². The zero-order valence-electron chi connectivity index (χ0n) is 16.8. The number of carbonyl (C=O) groups is 2. The summed E-state index contributed by atoms with van der Waals surface area (Å²) in [7, 11) is 1.69. The molecular weight excluding hydrogens is 458 g/mol. The average molecular weight is 480 g/mol. The Morgan fingerprint density at radius 2 is 2.09 bits per heavy atom. The molecule has 2 aromatic rings. The number of aliphatic hydroxyl groups excluding tert-OH is 1. The van der Waals surface area contributed by atoms with E-state index in [9.17, 15) is 24.9 Å². The molecule has 2 aliphatic rings. The van der Waals surface area contributed by atoms with Crippen molar-refractivity contribution < 1.29 is 24.9 Å². The molecule has 0 bridgehead atoms. The smallest absolute Gasteiger partial charge is 0.352 e. The third-order valence-electron chi connectivity index (χ3n) is 5.21. The lowest BCUT2D eigenvalue weighted by molar-refractivity contribution is -0.148. The number of nitrogens with zero attached hydrogens (tertiary/aromatic N) is 5. The highest BCUT2D eigenvalue weighted by atomic mass is 32.2. The van der Waals surface area contributed by atoms with Gasteiger partial charge < -0.3 is 31.3 Å². The molecule has 1 saturated heterocycles. The molecule has 0 saturated carbocycles. The van der Waals surface area contributed by atoms with Crippen molar-refractivity contribution in [3.63, 3.8) is 0 Å². The van der Waals surface area contributed by atoms with Crippen LogP contribution in [0, 0.1) is 0 Å². The number of nitrogens with two attached hydrogens (primary N) is 1. The van der Waals surface area contributed by atoms with E-state index in [0.717, 1.165) is 0 Å². The lowest BCUT2D eigenvalue weighted by Crippen LogP contribution is -2.73. The number of aliphatic carboxylic acids is 1. The normalized spacial score (nSPS) is 23.3. The Morgan fingerprint density at radius 1 is 1.38 bits per heavy atom. The van der Waals surface area contributed by atoms with Gasteiger partial charge in [-0.3, -0.25) is 4.79 Å². The van der Waals surface area contributed by atoms with Crippen LogP contribution in [0.5, 0.6) is 5.75 Å². The molecule has 1 aromatic heterocycles. The first kappa shape index (κ1) is 22.4. The van der Waals surface area contributed by atoms with Crippen molar-refractivity contribution >= 4 is 35.4 Å². The number of aliphatic hydroxyl groups is 1. The molecule has 1 amide bonds. The van der Waals surface area contributed by atoms with Crippen LogP contribution in [0.3, 0.4) is 0 Å². The van der Waals surface area contributed by atoms with Gasteiger partial charge in [-0.05, 0) is 33.7 Å². The van der Waals surface area contributed by atoms with Gasteiger partial charge in [-0.2, -0.15) is 0 Å². The fraction of sp³-hybridized carbons (Fsp3) is 0.389. The largest absolute Gasteiger partial charge is 0.508 e. The summed E-state index contributed by atoms with van der Waals surface area (Å²) in [6, 6.07) is 4.27. The second-order valence-electron chi connectivity index (χ2n) is 7.26. The van der Waals surface area contributed by atoms with Crippen LogP contribution >= 0.6 is 23.5 Å². The first-order valence-corrected chi connectivity index (χ1v) is 11.5. The summed E-state index contributed by atoms with van der Waals surface area (Å²) >= 11 is 2.74. The molecule has 4 rings (SSSR count). The van der Waals surface area contributed by atoms with E-state index in [4.69, 9.17) is 5.73 Å². The van der Waals surface area contributed by atoms with E-state index >= 15 is 0 Å². The quantitative estimate of drug-likeness (QED) is 0.314. The summed E-state index contributed by atoms with van der Waals surface area (Å²) in [5.41, 5.74) is 7.17. The van der Waals surface area contributed by atoms with E-state index in [1.54, 1.807) is 19.2 Å². The number of tetrazole rings is 1. The van der Waals surface area contributed by atoms with Gasteiger partial charge in [-0.25, -0.2) is 9.48 Å². The zero-order chi connectivity index (χ0) is 23.0. The lowest BCUT2D eigenvalue weighted by Gasteiger charge is -2.55. The first-order valence-electron chi connectivity index (χ1n) is 9.51. The van der Waals surface area contributed by atoms with Crippen molar-refractivity contribution in [1.82, 2.24) is 30.4 Å². The van der Waals surface area contributed by atoms with Gasteiger partial charge in [-0.1, -0.05) is 23.9 Å². The summed E-state index contributed by atoms with van der Waals surface area (Å²) in [6.45, 7) is 0. The van der Waals surface area contributed by atoms with Gasteiger partial charge in [0, 0.05) is 18.6 Å². The molecule has 14 heteroatoms. The Kier molecular flexibility index (Phi) is 6.28. The van der Waals surface area contributed by atoms with Crippen LogP contribution in [0.1, 0.15) is 11.6 Å². The van der Waals surface area contributed by atoms with Gasteiger partial charge >= 0.3 is 5.97 Å². The van der Waals surface area contributed by atoms with Crippen LogP contribution in [0.2, 0.25) is 0 Å². The molecule has 170 valence electrons. The maximum Gasteiger partial charge on any atom is 0.352 e. The third-order valence-corrected chi connectivity index (χ3v) is 7.69. The van der Waals surface area contributed by atoms with Crippen molar-refractivity contribution in [2.24, 2.45) is 12.8 Å². The van der Waals surface area contributed by atoms with Crippen molar-refractivity contribution in [3.05, 3.63) is 41.1 Å². The second kappa shape index (κ2) is 8.97. The molecule has 1 fully saturated rings. The number of aromatic hydroxyl groups is 1. The Labute approximate surface area is 190 Å². The lowest BCUT2D eigenvalue weighted by atomic mass is 10.00. The fourth-order valence-electron chi connectivity index (χ4n) is 3.52. The van der Waals surface area contributed by atoms with Gasteiger partial charge in [-0.15, -0.1) is 16.9 Å². The number of benzene rings is 1. The number of aromatic nitrogens is 4. The van der Waals surface area contributed by atoms with Crippen LogP contribution in [-0.4, -0.2) is 81.5 Å². The number of phenolic OH excluding ortho intramolecular Hbond substituents is 1. The number of nitrogens with one attached hydrogen (secondary N) is 1. The Hall–Kier alpha value is -2.81. The van der Waals surface area contributed by atoms with Gasteiger partial charge in [0.15, 0.2) is 6.23 Å². The number of fused-ring (bicyclic) bond motifs is 1. The van der Waals surface area contributed by atoms with E-state index in [2.05, 4.69) is 20.8 Å². The Balaban J connectivity index is 1.45. The summed E-state index contributed by atoms with van der Waals surface area (Å²) < 4.78 is 1.49. The van der Waals surface area contributed by atoms with E-state index in [-0.39, 0.29) is 11.4 Å². The maximum absolute atomic E-state index is 12.6. The summed E-state index contributed by atoms with van der Waals surface area (Å²) in [4.78, 5) is 26.0. The molecule has 4 atom stereocenters. The minimum atomic E-state index is -1.20. The van der Waals surface area contributed by atoms with Crippen LogP contribution < -0.4 is 11.1 Å². The Morgan fingerprint density at radius 3 is 2.72 bits per heavy atom. The molecular formula is C18H21N7O5S2. The summed E-state index contributed by atoms with van der Waals surface area (Å²) in [5.74, 6) is -0.822. The number of thioether (sulfide) groups is 2. The number of hydrogen-bond acceptors (Lipinski definition) is 11. The first-order chi connectivity index (χ1) is 15.3. The zero-order valence-corrected chi connectivity index (χ0v) is 18.5. The Bertz CT molecular complexity index is 1060.